The van der Waals surface area contributed by atoms with E-state index in [4.69, 9.17) is 37.8 Å². The van der Waals surface area contributed by atoms with Gasteiger partial charge in [0.2, 0.25) is 5.91 Å². The number of nitrogens with zero attached hydrogens (tertiary/aromatic N) is 4. The van der Waals surface area contributed by atoms with Crippen molar-refractivity contribution in [2.45, 2.75) is 26.4 Å². The van der Waals surface area contributed by atoms with E-state index in [1.54, 1.807) is 4.90 Å². The number of ether oxygens (including phenoxy) is 2. The summed E-state index contributed by atoms with van der Waals surface area (Å²) in [6.07, 6.45) is 1.02. The normalized spacial score (nSPS) is 18.7. The number of rotatable bonds is 8. The van der Waals surface area contributed by atoms with Crippen molar-refractivity contribution < 1.29 is 14.3 Å². The number of hydrogen-bond donors (Lipinski definition) is 0. The van der Waals surface area contributed by atoms with E-state index in [-0.39, 0.29) is 5.91 Å². The Kier molecular flexibility index (Phi) is 7.82. The van der Waals surface area contributed by atoms with Crippen LogP contribution >= 0.6 is 23.2 Å². The number of benzene rings is 2. The highest BCUT2D eigenvalue weighted by Gasteiger charge is 2.27. The van der Waals surface area contributed by atoms with Gasteiger partial charge in [-0.1, -0.05) is 35.3 Å². The first-order valence-electron chi connectivity index (χ1n) is 12.2. The Morgan fingerprint density at radius 2 is 1.86 bits per heavy atom. The highest BCUT2D eigenvalue weighted by Crippen LogP contribution is 2.27. The molecule has 0 bridgehead atoms. The summed E-state index contributed by atoms with van der Waals surface area (Å²) in [7, 11) is 0. The zero-order valence-electron chi connectivity index (χ0n) is 20.3. The SMILES string of the molecule is Cc1cc(N2CCN(Cc3ccc(Cl)cc3)CC2=O)nn1Cc1cc(Cl)ccc1OCC1CCOC1. The maximum absolute atomic E-state index is 13.0. The lowest BCUT2D eigenvalue weighted by Crippen LogP contribution is -2.50. The van der Waals surface area contributed by atoms with E-state index in [9.17, 15) is 4.79 Å². The van der Waals surface area contributed by atoms with Gasteiger partial charge < -0.3 is 9.47 Å². The van der Waals surface area contributed by atoms with Gasteiger partial charge in [0.25, 0.3) is 0 Å². The van der Waals surface area contributed by atoms with Gasteiger partial charge in [0, 0.05) is 59.5 Å². The van der Waals surface area contributed by atoms with Gasteiger partial charge in [0.15, 0.2) is 5.82 Å². The fourth-order valence-corrected chi connectivity index (χ4v) is 4.95. The molecule has 7 nitrogen and oxygen atoms in total. The number of carbonyl (C=O) groups is 1. The van der Waals surface area contributed by atoms with Crippen molar-refractivity contribution in [3.63, 3.8) is 0 Å². The Bertz CT molecular complexity index is 1210. The van der Waals surface area contributed by atoms with Crippen LogP contribution in [0, 0.1) is 12.8 Å². The summed E-state index contributed by atoms with van der Waals surface area (Å²) >= 11 is 12.3. The molecular formula is C27H30Cl2N4O3. The van der Waals surface area contributed by atoms with Gasteiger partial charge in [-0.3, -0.25) is 19.3 Å². The summed E-state index contributed by atoms with van der Waals surface area (Å²) < 4.78 is 13.5. The number of aryl methyl sites for hydroxylation is 1. The number of halogens is 2. The molecule has 2 saturated heterocycles. The second kappa shape index (κ2) is 11.2. The number of amides is 1. The van der Waals surface area contributed by atoms with Crippen LogP contribution in [0.1, 0.15) is 23.2 Å². The van der Waals surface area contributed by atoms with Crippen molar-refractivity contribution in [1.82, 2.24) is 14.7 Å². The Hall–Kier alpha value is -2.58. The fraction of sp³-hybridized carbons (Fsp3) is 0.407. The molecule has 2 aliphatic heterocycles. The molecule has 0 N–H and O–H groups in total. The maximum atomic E-state index is 13.0. The minimum atomic E-state index is 0.0467. The largest absolute Gasteiger partial charge is 0.493 e. The van der Waals surface area contributed by atoms with Gasteiger partial charge in [-0.25, -0.2) is 0 Å². The number of aromatic nitrogens is 2. The summed E-state index contributed by atoms with van der Waals surface area (Å²) in [6.45, 7) is 7.10. The van der Waals surface area contributed by atoms with Gasteiger partial charge >= 0.3 is 0 Å². The minimum Gasteiger partial charge on any atom is -0.493 e. The average Bonchev–Trinajstić information content (AvgIpc) is 3.50. The first-order chi connectivity index (χ1) is 17.4. The Morgan fingerprint density at radius 1 is 1.06 bits per heavy atom. The molecule has 0 aliphatic carbocycles. The third kappa shape index (κ3) is 6.03. The summed E-state index contributed by atoms with van der Waals surface area (Å²) in [5.74, 6) is 1.94. The smallest absolute Gasteiger partial charge is 0.242 e. The molecule has 1 atom stereocenters. The fourth-order valence-electron chi connectivity index (χ4n) is 4.63. The van der Waals surface area contributed by atoms with E-state index in [0.717, 1.165) is 55.3 Å². The van der Waals surface area contributed by atoms with Crippen LogP contribution in [0.25, 0.3) is 0 Å². The van der Waals surface area contributed by atoms with Crippen molar-refractivity contribution in [2.24, 2.45) is 5.92 Å². The molecule has 1 aromatic heterocycles. The summed E-state index contributed by atoms with van der Waals surface area (Å²) in [4.78, 5) is 16.9. The van der Waals surface area contributed by atoms with E-state index in [2.05, 4.69) is 4.90 Å². The second-order valence-corrected chi connectivity index (χ2v) is 10.3. The van der Waals surface area contributed by atoms with Crippen molar-refractivity contribution >= 4 is 34.9 Å². The molecule has 0 saturated carbocycles. The molecule has 3 aromatic rings. The van der Waals surface area contributed by atoms with E-state index >= 15 is 0 Å². The topological polar surface area (TPSA) is 59.8 Å². The quantitative estimate of drug-likeness (QED) is 0.419. The lowest BCUT2D eigenvalue weighted by atomic mass is 10.1. The average molecular weight is 529 g/mol. The van der Waals surface area contributed by atoms with Crippen molar-refractivity contribution in [3.05, 3.63) is 75.4 Å². The highest BCUT2D eigenvalue weighted by atomic mass is 35.5. The lowest BCUT2D eigenvalue weighted by molar-refractivity contribution is -0.121. The first kappa shape index (κ1) is 25.1. The minimum absolute atomic E-state index is 0.0467. The Labute approximate surface area is 221 Å². The summed E-state index contributed by atoms with van der Waals surface area (Å²) in [5.41, 5.74) is 3.07. The molecule has 1 unspecified atom stereocenters. The standard InChI is InChI=1S/C27H30Cl2N4O3/c1-19-12-26(32-10-9-31(16-27(32)34)14-20-2-4-23(28)5-3-20)30-33(19)15-22-13-24(29)6-7-25(22)36-18-21-8-11-35-17-21/h2-7,12-13,21H,8-11,14-18H2,1H3. The van der Waals surface area contributed by atoms with E-state index in [0.29, 0.717) is 48.0 Å². The lowest BCUT2D eigenvalue weighted by Gasteiger charge is -2.33. The predicted molar refractivity (Wildman–Crippen MR) is 141 cm³/mol. The Balaban J connectivity index is 1.24. The molecule has 2 aromatic carbocycles. The third-order valence-corrected chi connectivity index (χ3v) is 7.19. The maximum Gasteiger partial charge on any atom is 0.242 e. The summed E-state index contributed by atoms with van der Waals surface area (Å²) in [5, 5.41) is 6.14. The predicted octanol–water partition coefficient (Wildman–Crippen LogP) is 4.81. The van der Waals surface area contributed by atoms with E-state index in [1.165, 1.54) is 0 Å². The molecule has 1 amide bonds. The molecule has 2 aliphatic rings. The molecule has 190 valence electrons. The van der Waals surface area contributed by atoms with Crippen LogP contribution in [-0.2, 0) is 22.6 Å². The molecular weight excluding hydrogens is 499 g/mol. The van der Waals surface area contributed by atoms with Gasteiger partial charge in [-0.15, -0.1) is 0 Å². The highest BCUT2D eigenvalue weighted by molar-refractivity contribution is 6.30. The molecule has 9 heteroatoms. The first-order valence-corrected chi connectivity index (χ1v) is 13.0. The third-order valence-electron chi connectivity index (χ3n) is 6.71. The molecule has 0 radical (unpaired) electrons. The van der Waals surface area contributed by atoms with Crippen molar-refractivity contribution in [3.8, 4) is 5.75 Å². The van der Waals surface area contributed by atoms with Gasteiger partial charge in [0.1, 0.15) is 5.75 Å². The van der Waals surface area contributed by atoms with E-state index < -0.39 is 0 Å². The zero-order chi connectivity index (χ0) is 25.1. The van der Waals surface area contributed by atoms with E-state index in [1.807, 2.05) is 60.1 Å². The molecule has 5 rings (SSSR count). The van der Waals surface area contributed by atoms with Crippen LogP contribution in [0.15, 0.2) is 48.5 Å². The van der Waals surface area contributed by atoms with Gasteiger partial charge in [0.05, 0.1) is 26.3 Å². The zero-order valence-corrected chi connectivity index (χ0v) is 21.8. The molecule has 36 heavy (non-hydrogen) atoms. The Morgan fingerprint density at radius 3 is 2.61 bits per heavy atom. The van der Waals surface area contributed by atoms with Crippen LogP contribution in [0.4, 0.5) is 5.82 Å². The van der Waals surface area contributed by atoms with Gasteiger partial charge in [-0.05, 0) is 49.2 Å². The van der Waals surface area contributed by atoms with Crippen LogP contribution in [0.2, 0.25) is 10.0 Å². The van der Waals surface area contributed by atoms with Crippen LogP contribution in [0.3, 0.4) is 0 Å². The molecule has 3 heterocycles. The van der Waals surface area contributed by atoms with Crippen LogP contribution in [-0.4, -0.2) is 60.0 Å². The number of piperazine rings is 1. The van der Waals surface area contributed by atoms with Crippen molar-refractivity contribution in [2.75, 3.05) is 44.4 Å². The van der Waals surface area contributed by atoms with Crippen molar-refractivity contribution in [1.29, 1.82) is 0 Å². The molecule has 2 fully saturated rings. The summed E-state index contributed by atoms with van der Waals surface area (Å²) in [6, 6.07) is 15.4. The van der Waals surface area contributed by atoms with Crippen LogP contribution in [0.5, 0.6) is 5.75 Å². The second-order valence-electron chi connectivity index (χ2n) is 9.48. The number of hydrogen-bond acceptors (Lipinski definition) is 5. The molecule has 0 spiro atoms. The number of carbonyl (C=O) groups excluding carboxylic acids is 1. The van der Waals surface area contributed by atoms with Gasteiger partial charge in [-0.2, -0.15) is 5.10 Å². The number of anilines is 1. The monoisotopic (exact) mass is 528 g/mol. The van der Waals surface area contributed by atoms with Crippen LogP contribution < -0.4 is 9.64 Å².